The molecule has 1 N–H and O–H groups in total. The number of amides is 1. The first kappa shape index (κ1) is 20.7. The van der Waals surface area contributed by atoms with E-state index in [0.29, 0.717) is 23.2 Å². The van der Waals surface area contributed by atoms with E-state index in [2.05, 4.69) is 36.3 Å². The molecule has 31 heavy (non-hydrogen) atoms. The summed E-state index contributed by atoms with van der Waals surface area (Å²) in [5, 5.41) is 2.84. The quantitative estimate of drug-likeness (QED) is 0.383. The van der Waals surface area contributed by atoms with Crippen LogP contribution in [0.3, 0.4) is 0 Å². The second-order valence-corrected chi connectivity index (χ2v) is 7.78. The summed E-state index contributed by atoms with van der Waals surface area (Å²) in [5.74, 6) is 1.51. The number of nitrogens with one attached hydrogen (secondary N) is 1. The molecule has 0 spiro atoms. The van der Waals surface area contributed by atoms with Crippen molar-refractivity contribution in [3.05, 3.63) is 77.9 Å². The molecule has 5 nitrogen and oxygen atoms in total. The number of ether oxygens (including phenoxy) is 1. The second kappa shape index (κ2) is 9.04. The Kier molecular flexibility index (Phi) is 6.03. The van der Waals surface area contributed by atoms with Crippen LogP contribution in [0.25, 0.3) is 22.6 Å². The molecular formula is C26H26N2O3. The lowest BCUT2D eigenvalue weighted by atomic mass is 9.98. The molecular weight excluding hydrogens is 388 g/mol. The van der Waals surface area contributed by atoms with Crippen LogP contribution in [0.2, 0.25) is 0 Å². The summed E-state index contributed by atoms with van der Waals surface area (Å²) in [7, 11) is 0. The lowest BCUT2D eigenvalue weighted by Gasteiger charge is -2.08. The van der Waals surface area contributed by atoms with Crippen LogP contribution in [0.4, 0.5) is 5.69 Å². The van der Waals surface area contributed by atoms with Gasteiger partial charge in [0.2, 0.25) is 5.89 Å². The van der Waals surface area contributed by atoms with Gasteiger partial charge in [0.15, 0.2) is 12.2 Å². The average Bonchev–Trinajstić information content (AvgIpc) is 3.22. The molecule has 0 aliphatic carbocycles. The molecule has 5 heteroatoms. The van der Waals surface area contributed by atoms with E-state index in [9.17, 15) is 4.79 Å². The second-order valence-electron chi connectivity index (χ2n) is 7.78. The minimum atomic E-state index is -0.215. The Hall–Kier alpha value is -3.60. The van der Waals surface area contributed by atoms with E-state index in [-0.39, 0.29) is 12.5 Å². The minimum absolute atomic E-state index is 0.0472. The number of hydrogen-bond donors (Lipinski definition) is 1. The summed E-state index contributed by atoms with van der Waals surface area (Å²) >= 11 is 0. The summed E-state index contributed by atoms with van der Waals surface area (Å²) in [4.78, 5) is 16.8. The summed E-state index contributed by atoms with van der Waals surface area (Å²) < 4.78 is 11.4. The van der Waals surface area contributed by atoms with Gasteiger partial charge in [-0.25, -0.2) is 4.98 Å². The molecule has 0 fully saturated rings. The number of fused-ring (bicyclic) bond motifs is 1. The van der Waals surface area contributed by atoms with Gasteiger partial charge in [0, 0.05) is 11.3 Å². The van der Waals surface area contributed by atoms with Crippen molar-refractivity contribution in [3.63, 3.8) is 0 Å². The fourth-order valence-corrected chi connectivity index (χ4v) is 3.29. The highest BCUT2D eigenvalue weighted by Crippen LogP contribution is 2.28. The van der Waals surface area contributed by atoms with E-state index in [1.165, 1.54) is 5.56 Å². The van der Waals surface area contributed by atoms with Gasteiger partial charge in [0.25, 0.3) is 5.91 Å². The summed E-state index contributed by atoms with van der Waals surface area (Å²) in [6, 6.07) is 21.2. The maximum atomic E-state index is 12.2. The summed E-state index contributed by atoms with van der Waals surface area (Å²) in [6.45, 7) is 6.35. The van der Waals surface area contributed by atoms with Crippen molar-refractivity contribution in [3.8, 4) is 17.2 Å². The largest absolute Gasteiger partial charge is 0.484 e. The summed E-state index contributed by atoms with van der Waals surface area (Å²) in [5.41, 5.74) is 5.59. The summed E-state index contributed by atoms with van der Waals surface area (Å²) in [6.07, 6.45) is 1.08. The first-order valence-electron chi connectivity index (χ1n) is 10.5. The molecule has 0 unspecified atom stereocenters. The Morgan fingerprint density at radius 2 is 1.81 bits per heavy atom. The third kappa shape index (κ3) is 4.94. The van der Waals surface area contributed by atoms with Crippen molar-refractivity contribution in [1.82, 2.24) is 4.98 Å². The van der Waals surface area contributed by atoms with Gasteiger partial charge in [-0.15, -0.1) is 0 Å². The predicted octanol–water partition coefficient (Wildman–Crippen LogP) is 6.33. The molecule has 4 rings (SSSR count). The topological polar surface area (TPSA) is 64.4 Å². The first-order valence-corrected chi connectivity index (χ1v) is 10.5. The van der Waals surface area contributed by atoms with E-state index < -0.39 is 0 Å². The molecule has 1 amide bonds. The van der Waals surface area contributed by atoms with Gasteiger partial charge in [0.05, 0.1) is 0 Å². The van der Waals surface area contributed by atoms with E-state index in [1.54, 1.807) is 0 Å². The molecule has 0 saturated heterocycles. The van der Waals surface area contributed by atoms with Gasteiger partial charge in [-0.3, -0.25) is 4.79 Å². The molecule has 0 aliphatic rings. The molecule has 0 aliphatic heterocycles. The number of aromatic nitrogens is 1. The number of carbonyl (C=O) groups is 1. The maximum Gasteiger partial charge on any atom is 0.262 e. The normalized spacial score (nSPS) is 12.0. The van der Waals surface area contributed by atoms with Crippen LogP contribution >= 0.6 is 0 Å². The van der Waals surface area contributed by atoms with E-state index in [0.717, 1.165) is 28.6 Å². The minimum Gasteiger partial charge on any atom is -0.484 e. The Balaban J connectivity index is 1.40. The molecule has 158 valence electrons. The van der Waals surface area contributed by atoms with Crippen LogP contribution in [0.5, 0.6) is 5.75 Å². The van der Waals surface area contributed by atoms with Gasteiger partial charge < -0.3 is 14.5 Å². The third-order valence-electron chi connectivity index (χ3n) is 5.40. The standard InChI is InChI=1S/C26H26N2O3/c1-4-18(3)20-9-14-24-23(15-20)28-26(31-24)19-7-10-21(11-8-19)27-25(29)16-30-22-12-5-17(2)6-13-22/h5-15,18H,4,16H2,1-3H3,(H,27,29)/t18-/m0/s1. The van der Waals surface area contributed by atoms with Crippen molar-refractivity contribution < 1.29 is 13.9 Å². The van der Waals surface area contributed by atoms with Crippen LogP contribution < -0.4 is 10.1 Å². The van der Waals surface area contributed by atoms with Gasteiger partial charge in [-0.1, -0.05) is 37.6 Å². The van der Waals surface area contributed by atoms with Crippen molar-refractivity contribution in [2.75, 3.05) is 11.9 Å². The van der Waals surface area contributed by atoms with Gasteiger partial charge in [-0.2, -0.15) is 0 Å². The number of nitrogens with zero attached hydrogens (tertiary/aromatic N) is 1. The lowest BCUT2D eigenvalue weighted by Crippen LogP contribution is -2.20. The molecule has 1 heterocycles. The van der Waals surface area contributed by atoms with Crippen LogP contribution in [-0.4, -0.2) is 17.5 Å². The Labute approximate surface area is 182 Å². The van der Waals surface area contributed by atoms with Crippen molar-refractivity contribution in [2.24, 2.45) is 0 Å². The maximum absolute atomic E-state index is 12.2. The Morgan fingerprint density at radius 3 is 2.52 bits per heavy atom. The van der Waals surface area contributed by atoms with E-state index in [1.807, 2.05) is 61.5 Å². The Morgan fingerprint density at radius 1 is 1.06 bits per heavy atom. The molecule has 0 radical (unpaired) electrons. The van der Waals surface area contributed by atoms with Crippen molar-refractivity contribution >= 4 is 22.7 Å². The van der Waals surface area contributed by atoms with Crippen LogP contribution in [-0.2, 0) is 4.79 Å². The first-order chi connectivity index (χ1) is 15.0. The number of hydrogen-bond acceptors (Lipinski definition) is 4. The average molecular weight is 415 g/mol. The Bertz CT molecular complexity index is 1180. The van der Waals surface area contributed by atoms with Gasteiger partial charge in [-0.05, 0) is 73.4 Å². The van der Waals surface area contributed by atoms with Crippen molar-refractivity contribution in [2.45, 2.75) is 33.1 Å². The van der Waals surface area contributed by atoms with Crippen LogP contribution in [0, 0.1) is 6.92 Å². The fourth-order valence-electron chi connectivity index (χ4n) is 3.29. The van der Waals surface area contributed by atoms with Gasteiger partial charge >= 0.3 is 0 Å². The highest BCUT2D eigenvalue weighted by atomic mass is 16.5. The highest BCUT2D eigenvalue weighted by molar-refractivity contribution is 5.92. The predicted molar refractivity (Wildman–Crippen MR) is 123 cm³/mol. The third-order valence-corrected chi connectivity index (χ3v) is 5.40. The molecule has 3 aromatic carbocycles. The molecule has 0 bridgehead atoms. The fraction of sp³-hybridized carbons (Fsp3) is 0.231. The molecule has 1 aromatic heterocycles. The highest BCUT2D eigenvalue weighted by Gasteiger charge is 2.11. The number of carbonyl (C=O) groups excluding carboxylic acids is 1. The number of benzene rings is 3. The zero-order valence-electron chi connectivity index (χ0n) is 18.0. The van der Waals surface area contributed by atoms with E-state index in [4.69, 9.17) is 9.15 Å². The van der Waals surface area contributed by atoms with Crippen molar-refractivity contribution in [1.29, 1.82) is 0 Å². The van der Waals surface area contributed by atoms with Crippen LogP contribution in [0.1, 0.15) is 37.3 Å². The molecule has 0 saturated carbocycles. The zero-order chi connectivity index (χ0) is 21.8. The SMILES string of the molecule is CC[C@H](C)c1ccc2oc(-c3ccc(NC(=O)COc4ccc(C)cc4)cc3)nc2c1. The van der Waals surface area contributed by atoms with E-state index >= 15 is 0 Å². The number of oxazole rings is 1. The number of anilines is 1. The molecule has 4 aromatic rings. The monoisotopic (exact) mass is 414 g/mol. The smallest absolute Gasteiger partial charge is 0.262 e. The lowest BCUT2D eigenvalue weighted by molar-refractivity contribution is -0.118. The van der Waals surface area contributed by atoms with Crippen LogP contribution in [0.15, 0.2) is 71.1 Å². The zero-order valence-corrected chi connectivity index (χ0v) is 18.0. The van der Waals surface area contributed by atoms with Gasteiger partial charge in [0.1, 0.15) is 11.3 Å². The molecule has 1 atom stereocenters. The number of rotatable bonds is 7. The number of aryl methyl sites for hydroxylation is 1.